The van der Waals surface area contributed by atoms with Crippen molar-refractivity contribution in [2.45, 2.75) is 13.0 Å². The molecule has 2 aromatic heterocycles. The van der Waals surface area contributed by atoms with Crippen LogP contribution in [0.15, 0.2) is 92.4 Å². The smallest absolute Gasteiger partial charge is 0.379 e. The van der Waals surface area contributed by atoms with E-state index in [9.17, 15) is 18.8 Å². The fourth-order valence-corrected chi connectivity index (χ4v) is 5.05. The van der Waals surface area contributed by atoms with Crippen molar-refractivity contribution in [3.05, 3.63) is 121 Å². The zero-order valence-electron chi connectivity index (χ0n) is 19.6. The summed E-state index contributed by atoms with van der Waals surface area (Å²) < 4.78 is 31.3. The zero-order chi connectivity index (χ0) is 26.1. The van der Waals surface area contributed by atoms with Crippen molar-refractivity contribution in [1.29, 1.82) is 0 Å². The molecule has 2 aromatic carbocycles. The van der Waals surface area contributed by atoms with Crippen LogP contribution >= 0.6 is 11.3 Å². The van der Waals surface area contributed by atoms with E-state index in [1.165, 1.54) is 36.1 Å². The van der Waals surface area contributed by atoms with Gasteiger partial charge in [0, 0.05) is 5.56 Å². The molecule has 3 heterocycles. The monoisotopic (exact) mass is 518 g/mol. The number of carbonyl (C=O) groups is 2. The van der Waals surface area contributed by atoms with Crippen molar-refractivity contribution in [3.8, 4) is 5.75 Å². The van der Waals surface area contributed by atoms with Gasteiger partial charge in [-0.3, -0.25) is 9.36 Å². The Morgan fingerprint density at radius 3 is 2.51 bits per heavy atom. The summed E-state index contributed by atoms with van der Waals surface area (Å²) in [6, 6.07) is 14.7. The summed E-state index contributed by atoms with van der Waals surface area (Å²) in [6.07, 6.45) is 2.83. The van der Waals surface area contributed by atoms with E-state index >= 15 is 0 Å². The first-order valence-electron chi connectivity index (χ1n) is 11.1. The lowest BCUT2D eigenvalue weighted by Crippen LogP contribution is -2.39. The lowest BCUT2D eigenvalue weighted by atomic mass is 9.96. The van der Waals surface area contributed by atoms with Gasteiger partial charge in [-0.15, -0.1) is 0 Å². The topological polar surface area (TPSA) is 100 Å². The highest BCUT2D eigenvalue weighted by molar-refractivity contribution is 7.07. The summed E-state index contributed by atoms with van der Waals surface area (Å²) >= 11 is 1.09. The van der Waals surface area contributed by atoms with Gasteiger partial charge in [0.25, 0.3) is 5.56 Å². The van der Waals surface area contributed by atoms with Gasteiger partial charge in [0.1, 0.15) is 11.6 Å². The Bertz CT molecular complexity index is 1720. The number of rotatable bonds is 5. The normalized spacial score (nSPS) is 15.2. The molecular weight excluding hydrogens is 499 g/mol. The third-order valence-corrected chi connectivity index (χ3v) is 6.73. The molecule has 1 atom stereocenters. The predicted molar refractivity (Wildman–Crippen MR) is 132 cm³/mol. The van der Waals surface area contributed by atoms with Crippen LogP contribution in [0.3, 0.4) is 0 Å². The molecule has 37 heavy (non-hydrogen) atoms. The minimum Gasteiger partial charge on any atom is -0.466 e. The third-order valence-electron chi connectivity index (χ3n) is 5.75. The number of methoxy groups -OCH3 is 1. The summed E-state index contributed by atoms with van der Waals surface area (Å²) in [5, 5.41) is 0. The molecule has 5 rings (SSSR count). The maximum Gasteiger partial charge on any atom is 0.379 e. The number of hydrogen-bond acceptors (Lipinski definition) is 8. The van der Waals surface area contributed by atoms with Gasteiger partial charge in [0.05, 0.1) is 35.2 Å². The molecule has 1 unspecified atom stereocenters. The van der Waals surface area contributed by atoms with Crippen LogP contribution in [0.5, 0.6) is 5.75 Å². The van der Waals surface area contributed by atoms with Crippen LogP contribution in [0.2, 0.25) is 0 Å². The molecule has 0 radical (unpaired) electrons. The Labute approximate surface area is 213 Å². The van der Waals surface area contributed by atoms with Gasteiger partial charge < -0.3 is 13.9 Å². The molecule has 1 aliphatic rings. The maximum atomic E-state index is 14.3. The number of halogens is 1. The van der Waals surface area contributed by atoms with Crippen LogP contribution in [0.4, 0.5) is 4.39 Å². The van der Waals surface area contributed by atoms with Gasteiger partial charge in [-0.25, -0.2) is 19.0 Å². The second-order valence-electron chi connectivity index (χ2n) is 8.03. The van der Waals surface area contributed by atoms with Gasteiger partial charge >= 0.3 is 11.9 Å². The number of allylic oxidation sites excluding steroid dienone is 1. The summed E-state index contributed by atoms with van der Waals surface area (Å²) in [7, 11) is 1.25. The van der Waals surface area contributed by atoms with Crippen LogP contribution in [-0.2, 0) is 9.53 Å². The fraction of sp³-hybridized carbons (Fsp3) is 0.111. The Kier molecular flexibility index (Phi) is 6.41. The van der Waals surface area contributed by atoms with Crippen LogP contribution < -0.4 is 19.6 Å². The molecule has 0 amide bonds. The molecule has 0 bridgehead atoms. The number of ether oxygens (including phenoxy) is 2. The van der Waals surface area contributed by atoms with Crippen molar-refractivity contribution in [2.75, 3.05) is 7.11 Å². The maximum absolute atomic E-state index is 14.3. The molecular formula is C27H19FN2O6S. The number of aromatic nitrogens is 1. The van der Waals surface area contributed by atoms with Crippen LogP contribution in [-0.4, -0.2) is 23.6 Å². The van der Waals surface area contributed by atoms with E-state index in [0.29, 0.717) is 16.1 Å². The van der Waals surface area contributed by atoms with Crippen molar-refractivity contribution < 1.29 is 27.9 Å². The molecule has 0 saturated carbocycles. The molecule has 0 spiro atoms. The summed E-state index contributed by atoms with van der Waals surface area (Å²) in [6.45, 7) is 1.66. The summed E-state index contributed by atoms with van der Waals surface area (Å²) in [5.41, 5.74) is 0.970. The van der Waals surface area contributed by atoms with Crippen molar-refractivity contribution in [2.24, 2.45) is 4.99 Å². The van der Waals surface area contributed by atoms with E-state index in [-0.39, 0.29) is 27.2 Å². The number of carbonyl (C=O) groups excluding carboxylic acids is 2. The summed E-state index contributed by atoms with van der Waals surface area (Å²) in [4.78, 5) is 43.3. The van der Waals surface area contributed by atoms with Crippen LogP contribution in [0.1, 0.15) is 34.6 Å². The molecule has 1 aliphatic heterocycles. The van der Waals surface area contributed by atoms with E-state index < -0.39 is 29.4 Å². The highest BCUT2D eigenvalue weighted by Gasteiger charge is 2.33. The largest absolute Gasteiger partial charge is 0.466 e. The minimum absolute atomic E-state index is 0.0533. The lowest BCUT2D eigenvalue weighted by molar-refractivity contribution is -0.136. The SMILES string of the molecule is COC(=O)C1=C(C)N=c2s/c(=C\c3ccccc3F)c(=O)n2C1c1ccc(OC(=O)c2ccco2)cc1. The first kappa shape index (κ1) is 24.1. The average Bonchev–Trinajstić information content (AvgIpc) is 3.54. The number of nitrogens with zero attached hydrogens (tertiary/aromatic N) is 2. The molecule has 0 N–H and O–H groups in total. The second-order valence-corrected chi connectivity index (χ2v) is 9.04. The zero-order valence-corrected chi connectivity index (χ0v) is 20.5. The number of hydrogen-bond donors (Lipinski definition) is 0. The average molecular weight is 519 g/mol. The van der Waals surface area contributed by atoms with Gasteiger partial charge in [-0.2, -0.15) is 0 Å². The van der Waals surface area contributed by atoms with Gasteiger partial charge in [-0.05, 0) is 48.9 Å². The number of thiazole rings is 1. The van der Waals surface area contributed by atoms with Crippen LogP contribution in [0.25, 0.3) is 6.08 Å². The van der Waals surface area contributed by atoms with Gasteiger partial charge in [0.2, 0.25) is 5.76 Å². The van der Waals surface area contributed by atoms with E-state index in [1.807, 2.05) is 0 Å². The van der Waals surface area contributed by atoms with E-state index in [4.69, 9.17) is 13.9 Å². The molecule has 8 nitrogen and oxygen atoms in total. The molecule has 0 saturated heterocycles. The highest BCUT2D eigenvalue weighted by atomic mass is 32.1. The minimum atomic E-state index is -0.860. The second kappa shape index (κ2) is 9.82. The number of furan rings is 1. The van der Waals surface area contributed by atoms with E-state index in [2.05, 4.69) is 4.99 Å². The molecule has 0 fully saturated rings. The Hall–Kier alpha value is -4.57. The fourth-order valence-electron chi connectivity index (χ4n) is 4.01. The molecule has 10 heteroatoms. The first-order valence-corrected chi connectivity index (χ1v) is 11.9. The number of esters is 2. The van der Waals surface area contributed by atoms with Crippen molar-refractivity contribution >= 4 is 29.4 Å². The van der Waals surface area contributed by atoms with Crippen molar-refractivity contribution in [3.63, 3.8) is 0 Å². The molecule has 186 valence electrons. The van der Waals surface area contributed by atoms with E-state index in [0.717, 1.165) is 11.3 Å². The Morgan fingerprint density at radius 2 is 1.84 bits per heavy atom. The Morgan fingerprint density at radius 1 is 1.08 bits per heavy atom. The molecule has 4 aromatic rings. The Balaban J connectivity index is 1.60. The van der Waals surface area contributed by atoms with Crippen molar-refractivity contribution in [1.82, 2.24) is 4.57 Å². The highest BCUT2D eigenvalue weighted by Crippen LogP contribution is 2.31. The van der Waals surface area contributed by atoms with Gasteiger partial charge in [-0.1, -0.05) is 41.7 Å². The summed E-state index contributed by atoms with van der Waals surface area (Å²) in [5.74, 6) is -1.46. The van der Waals surface area contributed by atoms with E-state index in [1.54, 1.807) is 55.5 Å². The lowest BCUT2D eigenvalue weighted by Gasteiger charge is -2.24. The third kappa shape index (κ3) is 4.54. The molecule has 0 aliphatic carbocycles. The quantitative estimate of drug-likeness (QED) is 0.297. The standard InChI is InChI=1S/C27H19FN2O6S/c1-15-22(26(33)34-2)23(16-9-11-18(12-10-16)36-25(32)20-8-5-13-35-20)30-24(31)21(37-27(30)29-15)14-17-6-3-4-7-19(17)28/h3-14,23H,1-2H3/b21-14-. The van der Waals surface area contributed by atoms with Crippen LogP contribution in [0, 0.1) is 5.82 Å². The number of fused-ring (bicyclic) bond motifs is 1. The first-order chi connectivity index (χ1) is 17.9. The predicted octanol–water partition coefficient (Wildman–Crippen LogP) is 3.36. The number of benzene rings is 2. The van der Waals surface area contributed by atoms with Gasteiger partial charge in [0.15, 0.2) is 4.80 Å².